The fraction of sp³-hybridized carbons (Fsp3) is 0.727. The second-order valence-electron chi connectivity index (χ2n) is 3.92. The Morgan fingerprint density at radius 3 is 2.43 bits per heavy atom. The smallest absolute Gasteiger partial charge is 0.334 e. The number of hydrogen-bond acceptors (Lipinski definition) is 3. The third-order valence-electron chi connectivity index (χ3n) is 2.23. The second kappa shape index (κ2) is 5.81. The number of ether oxygens (including phenoxy) is 1. The molecule has 0 fully saturated rings. The summed E-state index contributed by atoms with van der Waals surface area (Å²) in [6.07, 6.45) is 1.00. The van der Waals surface area contributed by atoms with E-state index in [-0.39, 0.29) is 11.5 Å². The summed E-state index contributed by atoms with van der Waals surface area (Å²) in [4.78, 5) is 11.2. The first kappa shape index (κ1) is 13.2. The lowest BCUT2D eigenvalue weighted by Crippen LogP contribution is -2.40. The van der Waals surface area contributed by atoms with Crippen LogP contribution >= 0.6 is 0 Å². The minimum absolute atomic E-state index is 0.0371. The van der Waals surface area contributed by atoms with Gasteiger partial charge in [-0.3, -0.25) is 0 Å². The molecular weight excluding hydrogens is 178 g/mol. The lowest BCUT2D eigenvalue weighted by Gasteiger charge is -2.24. The Morgan fingerprint density at radius 2 is 2.00 bits per heavy atom. The van der Waals surface area contributed by atoms with E-state index in [1.807, 2.05) is 0 Å². The maximum absolute atomic E-state index is 11.2. The fourth-order valence-corrected chi connectivity index (χ4v) is 0.776. The first-order valence-corrected chi connectivity index (χ1v) is 5.03. The van der Waals surface area contributed by atoms with Crippen LogP contribution in [-0.4, -0.2) is 24.7 Å². The van der Waals surface area contributed by atoms with Gasteiger partial charge >= 0.3 is 5.97 Å². The summed E-state index contributed by atoms with van der Waals surface area (Å²) in [6.45, 7) is 12.6. The van der Waals surface area contributed by atoms with Crippen LogP contribution in [0.3, 0.4) is 0 Å². The van der Waals surface area contributed by atoms with E-state index in [9.17, 15) is 4.79 Å². The quantitative estimate of drug-likeness (QED) is 0.524. The van der Waals surface area contributed by atoms with Gasteiger partial charge in [-0.2, -0.15) is 0 Å². The third kappa shape index (κ3) is 5.02. The topological polar surface area (TPSA) is 38.3 Å². The van der Waals surface area contributed by atoms with Crippen LogP contribution in [0.15, 0.2) is 12.2 Å². The van der Waals surface area contributed by atoms with Crippen molar-refractivity contribution in [2.75, 3.05) is 13.2 Å². The summed E-state index contributed by atoms with van der Waals surface area (Å²) in [5.74, 6) is -0.313. The SMILES string of the molecule is C=C(CNC(C)(C)CC)C(=O)OCC. The first-order chi connectivity index (χ1) is 6.43. The third-order valence-corrected chi connectivity index (χ3v) is 2.23. The van der Waals surface area contributed by atoms with Crippen LogP contribution in [0.25, 0.3) is 0 Å². The summed E-state index contributed by atoms with van der Waals surface area (Å²) in [5, 5.41) is 3.25. The molecule has 14 heavy (non-hydrogen) atoms. The molecule has 0 unspecified atom stereocenters. The van der Waals surface area contributed by atoms with Gasteiger partial charge in [0.2, 0.25) is 0 Å². The Labute approximate surface area is 86.5 Å². The number of carbonyl (C=O) groups excluding carboxylic acids is 1. The molecule has 0 atom stereocenters. The Balaban J connectivity index is 3.91. The Bertz CT molecular complexity index is 209. The molecule has 0 heterocycles. The molecular formula is C11H21NO2. The summed E-state index contributed by atoms with van der Waals surface area (Å²) < 4.78 is 4.82. The van der Waals surface area contributed by atoms with Crippen molar-refractivity contribution in [1.82, 2.24) is 5.32 Å². The van der Waals surface area contributed by atoms with E-state index >= 15 is 0 Å². The van der Waals surface area contributed by atoms with Crippen molar-refractivity contribution in [2.24, 2.45) is 0 Å². The molecule has 0 spiro atoms. The van der Waals surface area contributed by atoms with Gasteiger partial charge in [-0.25, -0.2) is 4.79 Å². The molecule has 0 aliphatic rings. The molecule has 0 aromatic heterocycles. The monoisotopic (exact) mass is 199 g/mol. The minimum Gasteiger partial charge on any atom is -0.463 e. The average molecular weight is 199 g/mol. The van der Waals surface area contributed by atoms with E-state index in [4.69, 9.17) is 4.74 Å². The molecule has 0 rings (SSSR count). The normalized spacial score (nSPS) is 11.1. The number of nitrogens with one attached hydrogen (secondary N) is 1. The van der Waals surface area contributed by atoms with Gasteiger partial charge in [0.15, 0.2) is 0 Å². The van der Waals surface area contributed by atoms with E-state index in [1.54, 1.807) is 6.92 Å². The highest BCUT2D eigenvalue weighted by atomic mass is 16.5. The maximum atomic E-state index is 11.2. The van der Waals surface area contributed by atoms with Gasteiger partial charge in [-0.05, 0) is 27.2 Å². The Kier molecular flexibility index (Phi) is 5.46. The average Bonchev–Trinajstić information content (AvgIpc) is 2.15. The molecule has 0 radical (unpaired) electrons. The molecule has 0 bridgehead atoms. The number of hydrogen-bond donors (Lipinski definition) is 1. The van der Waals surface area contributed by atoms with E-state index in [0.29, 0.717) is 18.7 Å². The molecule has 0 aromatic carbocycles. The van der Waals surface area contributed by atoms with Gasteiger partial charge in [0, 0.05) is 17.7 Å². The number of rotatable bonds is 6. The van der Waals surface area contributed by atoms with Crippen molar-refractivity contribution in [2.45, 2.75) is 39.7 Å². The van der Waals surface area contributed by atoms with Crippen LogP contribution in [0.5, 0.6) is 0 Å². The predicted molar refractivity (Wildman–Crippen MR) is 58.1 cm³/mol. The minimum atomic E-state index is -0.313. The molecule has 0 aliphatic carbocycles. The van der Waals surface area contributed by atoms with Crippen molar-refractivity contribution in [3.05, 3.63) is 12.2 Å². The molecule has 0 amide bonds. The molecule has 3 heteroatoms. The molecule has 0 aliphatic heterocycles. The van der Waals surface area contributed by atoms with Gasteiger partial charge in [0.1, 0.15) is 0 Å². The van der Waals surface area contributed by atoms with Crippen molar-refractivity contribution in [3.63, 3.8) is 0 Å². The molecule has 0 saturated heterocycles. The van der Waals surface area contributed by atoms with Crippen LogP contribution < -0.4 is 5.32 Å². The van der Waals surface area contributed by atoms with E-state index in [2.05, 4.69) is 32.7 Å². The molecule has 3 nitrogen and oxygen atoms in total. The highest BCUT2D eigenvalue weighted by Gasteiger charge is 2.16. The van der Waals surface area contributed by atoms with Crippen molar-refractivity contribution >= 4 is 5.97 Å². The zero-order valence-corrected chi connectivity index (χ0v) is 9.64. The van der Waals surface area contributed by atoms with E-state index in [1.165, 1.54) is 0 Å². The van der Waals surface area contributed by atoms with Gasteiger partial charge in [-0.1, -0.05) is 13.5 Å². The van der Waals surface area contributed by atoms with E-state index < -0.39 is 0 Å². The molecule has 0 aromatic rings. The first-order valence-electron chi connectivity index (χ1n) is 5.03. The van der Waals surface area contributed by atoms with Crippen molar-refractivity contribution in [1.29, 1.82) is 0 Å². The van der Waals surface area contributed by atoms with Gasteiger partial charge in [0.25, 0.3) is 0 Å². The highest BCUT2D eigenvalue weighted by molar-refractivity contribution is 5.88. The number of esters is 1. The second-order valence-corrected chi connectivity index (χ2v) is 3.92. The van der Waals surface area contributed by atoms with Crippen LogP contribution in [0.2, 0.25) is 0 Å². The maximum Gasteiger partial charge on any atom is 0.334 e. The van der Waals surface area contributed by atoms with Crippen molar-refractivity contribution in [3.8, 4) is 0 Å². The van der Waals surface area contributed by atoms with Crippen LogP contribution in [-0.2, 0) is 9.53 Å². The Hall–Kier alpha value is -0.830. The Morgan fingerprint density at radius 1 is 1.43 bits per heavy atom. The molecule has 82 valence electrons. The number of carbonyl (C=O) groups is 1. The lowest BCUT2D eigenvalue weighted by atomic mass is 10.0. The summed E-state index contributed by atoms with van der Waals surface area (Å²) >= 11 is 0. The summed E-state index contributed by atoms with van der Waals surface area (Å²) in [5.41, 5.74) is 0.517. The summed E-state index contributed by atoms with van der Waals surface area (Å²) in [7, 11) is 0. The largest absolute Gasteiger partial charge is 0.463 e. The van der Waals surface area contributed by atoms with Gasteiger partial charge in [0.05, 0.1) is 6.61 Å². The standard InChI is InChI=1S/C11H21NO2/c1-6-11(4,5)12-8-9(3)10(13)14-7-2/h12H,3,6-8H2,1-2,4-5H3. The summed E-state index contributed by atoms with van der Waals surface area (Å²) in [6, 6.07) is 0. The van der Waals surface area contributed by atoms with E-state index in [0.717, 1.165) is 6.42 Å². The zero-order valence-electron chi connectivity index (χ0n) is 9.64. The van der Waals surface area contributed by atoms with Crippen LogP contribution in [0, 0.1) is 0 Å². The molecule has 0 saturated carbocycles. The fourth-order valence-electron chi connectivity index (χ4n) is 0.776. The lowest BCUT2D eigenvalue weighted by molar-refractivity contribution is -0.138. The van der Waals surface area contributed by atoms with Crippen LogP contribution in [0.4, 0.5) is 0 Å². The zero-order chi connectivity index (χ0) is 11.2. The predicted octanol–water partition coefficient (Wildman–Crippen LogP) is 1.88. The van der Waals surface area contributed by atoms with Crippen LogP contribution in [0.1, 0.15) is 34.1 Å². The molecule has 1 N–H and O–H groups in total. The highest BCUT2D eigenvalue weighted by Crippen LogP contribution is 2.07. The van der Waals surface area contributed by atoms with Crippen molar-refractivity contribution < 1.29 is 9.53 Å². The van der Waals surface area contributed by atoms with Gasteiger partial charge < -0.3 is 10.1 Å². The van der Waals surface area contributed by atoms with Gasteiger partial charge in [-0.15, -0.1) is 0 Å².